The molecule has 0 N–H and O–H groups in total. The lowest BCUT2D eigenvalue weighted by Gasteiger charge is -2.21. The van der Waals surface area contributed by atoms with Crippen molar-refractivity contribution in [3.8, 4) is 27.9 Å². The second-order valence-corrected chi connectivity index (χ2v) is 11.8. The SMILES string of the molecule is CC1(C)c2ccccc2-c2cc3c(cc21)c1cc(-c2cccc4c2oc2ccccc24)ccc1n3-c1ccccc1. The lowest BCUT2D eigenvalue weighted by atomic mass is 9.82. The molecule has 0 spiro atoms. The molecule has 0 fully saturated rings. The Kier molecular flexibility index (Phi) is 4.42. The number of benzene rings is 6. The predicted octanol–water partition coefficient (Wildman–Crippen LogP) is 10.7. The van der Waals surface area contributed by atoms with Crippen LogP contribution in [-0.4, -0.2) is 4.57 Å². The van der Waals surface area contributed by atoms with Crippen LogP contribution in [0.5, 0.6) is 0 Å². The molecule has 0 saturated carbocycles. The molecule has 2 aromatic heterocycles. The Morgan fingerprint density at radius 2 is 1.24 bits per heavy atom. The first kappa shape index (κ1) is 22.7. The van der Waals surface area contributed by atoms with Gasteiger partial charge in [-0.3, -0.25) is 0 Å². The van der Waals surface area contributed by atoms with Gasteiger partial charge in [-0.05, 0) is 70.3 Å². The van der Waals surface area contributed by atoms with Gasteiger partial charge in [0.05, 0.1) is 11.0 Å². The van der Waals surface area contributed by atoms with Crippen LogP contribution < -0.4 is 0 Å². The quantitative estimate of drug-likeness (QED) is 0.219. The molecule has 9 rings (SSSR count). The molecule has 2 heterocycles. The molecule has 2 heteroatoms. The van der Waals surface area contributed by atoms with Crippen LogP contribution in [0.1, 0.15) is 25.0 Å². The first-order chi connectivity index (χ1) is 20.1. The predicted molar refractivity (Wildman–Crippen MR) is 171 cm³/mol. The number of para-hydroxylation sites is 3. The first-order valence-corrected chi connectivity index (χ1v) is 14.3. The Morgan fingerprint density at radius 3 is 2.15 bits per heavy atom. The average Bonchev–Trinajstić information content (AvgIpc) is 3.62. The van der Waals surface area contributed by atoms with E-state index < -0.39 is 0 Å². The largest absolute Gasteiger partial charge is 0.455 e. The van der Waals surface area contributed by atoms with Gasteiger partial charge in [0, 0.05) is 38.2 Å². The zero-order valence-corrected chi connectivity index (χ0v) is 23.0. The number of nitrogens with zero attached hydrogens (tertiary/aromatic N) is 1. The molecule has 0 radical (unpaired) electrons. The Labute approximate surface area is 238 Å². The van der Waals surface area contributed by atoms with E-state index >= 15 is 0 Å². The Balaban J connectivity index is 1.37. The third-order valence-corrected chi connectivity index (χ3v) is 9.20. The highest BCUT2D eigenvalue weighted by Crippen LogP contribution is 2.51. The van der Waals surface area contributed by atoms with Crippen molar-refractivity contribution < 1.29 is 4.42 Å². The lowest BCUT2D eigenvalue weighted by Crippen LogP contribution is -2.14. The summed E-state index contributed by atoms with van der Waals surface area (Å²) in [5, 5.41) is 4.84. The first-order valence-electron chi connectivity index (χ1n) is 14.3. The van der Waals surface area contributed by atoms with Gasteiger partial charge in [-0.1, -0.05) is 98.8 Å². The van der Waals surface area contributed by atoms with Crippen molar-refractivity contribution in [1.29, 1.82) is 0 Å². The van der Waals surface area contributed by atoms with Crippen LogP contribution >= 0.6 is 0 Å². The molecule has 0 aliphatic heterocycles. The molecule has 194 valence electrons. The monoisotopic (exact) mass is 525 g/mol. The fourth-order valence-corrected chi connectivity index (χ4v) is 7.21. The second-order valence-electron chi connectivity index (χ2n) is 11.8. The molecular formula is C39H27NO. The second kappa shape index (κ2) is 7.99. The molecule has 0 saturated heterocycles. The van der Waals surface area contributed by atoms with E-state index in [4.69, 9.17) is 4.42 Å². The fourth-order valence-electron chi connectivity index (χ4n) is 7.21. The molecule has 1 aliphatic carbocycles. The summed E-state index contributed by atoms with van der Waals surface area (Å²) in [6.45, 7) is 4.71. The van der Waals surface area contributed by atoms with Crippen molar-refractivity contribution in [1.82, 2.24) is 4.57 Å². The van der Waals surface area contributed by atoms with Crippen LogP contribution in [0.15, 0.2) is 132 Å². The van der Waals surface area contributed by atoms with Crippen molar-refractivity contribution in [2.24, 2.45) is 0 Å². The van der Waals surface area contributed by atoms with E-state index in [-0.39, 0.29) is 5.41 Å². The van der Waals surface area contributed by atoms with Crippen LogP contribution in [-0.2, 0) is 5.41 Å². The summed E-state index contributed by atoms with van der Waals surface area (Å²) in [6, 6.07) is 46.2. The molecular weight excluding hydrogens is 498 g/mol. The molecule has 8 aromatic rings. The van der Waals surface area contributed by atoms with E-state index in [1.54, 1.807) is 0 Å². The number of rotatable bonds is 2. The van der Waals surface area contributed by atoms with Crippen LogP contribution in [0.25, 0.3) is 71.7 Å². The zero-order chi connectivity index (χ0) is 27.3. The van der Waals surface area contributed by atoms with E-state index in [0.29, 0.717) is 0 Å². The minimum atomic E-state index is -0.0568. The van der Waals surface area contributed by atoms with Gasteiger partial charge in [0.15, 0.2) is 0 Å². The topological polar surface area (TPSA) is 18.1 Å². The highest BCUT2D eigenvalue weighted by Gasteiger charge is 2.36. The van der Waals surface area contributed by atoms with Crippen molar-refractivity contribution in [3.63, 3.8) is 0 Å². The van der Waals surface area contributed by atoms with Crippen LogP contribution in [0.3, 0.4) is 0 Å². The number of fused-ring (bicyclic) bond motifs is 9. The summed E-state index contributed by atoms with van der Waals surface area (Å²) in [6.07, 6.45) is 0. The maximum absolute atomic E-state index is 6.43. The van der Waals surface area contributed by atoms with Gasteiger partial charge in [0.25, 0.3) is 0 Å². The van der Waals surface area contributed by atoms with Crippen molar-refractivity contribution in [2.75, 3.05) is 0 Å². The third-order valence-electron chi connectivity index (χ3n) is 9.20. The van der Waals surface area contributed by atoms with Crippen LogP contribution in [0, 0.1) is 0 Å². The van der Waals surface area contributed by atoms with Gasteiger partial charge in [0.2, 0.25) is 0 Å². The minimum absolute atomic E-state index is 0.0568. The highest BCUT2D eigenvalue weighted by atomic mass is 16.3. The summed E-state index contributed by atoms with van der Waals surface area (Å²) in [7, 11) is 0. The maximum atomic E-state index is 6.43. The average molecular weight is 526 g/mol. The summed E-state index contributed by atoms with van der Waals surface area (Å²) in [5.41, 5.74) is 13.2. The zero-order valence-electron chi connectivity index (χ0n) is 23.0. The van der Waals surface area contributed by atoms with E-state index in [1.165, 1.54) is 49.7 Å². The van der Waals surface area contributed by atoms with Gasteiger partial charge >= 0.3 is 0 Å². The van der Waals surface area contributed by atoms with Crippen molar-refractivity contribution in [2.45, 2.75) is 19.3 Å². The lowest BCUT2D eigenvalue weighted by molar-refractivity contribution is 0.661. The summed E-state index contributed by atoms with van der Waals surface area (Å²) in [5.74, 6) is 0. The van der Waals surface area contributed by atoms with Gasteiger partial charge in [-0.2, -0.15) is 0 Å². The molecule has 0 atom stereocenters. The molecule has 0 unspecified atom stereocenters. The Morgan fingerprint density at radius 1 is 0.512 bits per heavy atom. The van der Waals surface area contributed by atoms with Gasteiger partial charge in [0.1, 0.15) is 11.2 Å². The maximum Gasteiger partial charge on any atom is 0.143 e. The summed E-state index contributed by atoms with van der Waals surface area (Å²) < 4.78 is 8.85. The van der Waals surface area contributed by atoms with Crippen molar-refractivity contribution in [3.05, 3.63) is 139 Å². The van der Waals surface area contributed by atoms with Crippen molar-refractivity contribution >= 4 is 43.7 Å². The van der Waals surface area contributed by atoms with Crippen LogP contribution in [0.2, 0.25) is 0 Å². The third kappa shape index (κ3) is 3.02. The van der Waals surface area contributed by atoms with Gasteiger partial charge in [-0.15, -0.1) is 0 Å². The van der Waals surface area contributed by atoms with E-state index in [1.807, 2.05) is 6.07 Å². The van der Waals surface area contributed by atoms with Gasteiger partial charge in [-0.25, -0.2) is 0 Å². The molecule has 6 aromatic carbocycles. The minimum Gasteiger partial charge on any atom is -0.455 e. The molecule has 41 heavy (non-hydrogen) atoms. The van der Waals surface area contributed by atoms with E-state index in [0.717, 1.165) is 33.1 Å². The fraction of sp³-hybridized carbons (Fsp3) is 0.0769. The molecule has 0 bridgehead atoms. The highest BCUT2D eigenvalue weighted by molar-refractivity contribution is 6.14. The standard InChI is InChI=1S/C39H27NO/c1-39(2)33-17-8-6-13-27(33)30-23-36-32(22-34(30)39)31-21-24(19-20-35(31)40(36)25-11-4-3-5-12-25)26-15-10-16-29-28-14-7-9-18-37(28)41-38(26)29/h3-23H,1-2H3. The summed E-state index contributed by atoms with van der Waals surface area (Å²) >= 11 is 0. The van der Waals surface area contributed by atoms with E-state index in [2.05, 4.69) is 140 Å². The Hall–Kier alpha value is -5.08. The summed E-state index contributed by atoms with van der Waals surface area (Å²) in [4.78, 5) is 0. The van der Waals surface area contributed by atoms with E-state index in [9.17, 15) is 0 Å². The smallest absolute Gasteiger partial charge is 0.143 e. The number of aromatic nitrogens is 1. The number of hydrogen-bond acceptors (Lipinski definition) is 1. The molecule has 1 aliphatic rings. The molecule has 0 amide bonds. The number of furan rings is 1. The molecule has 2 nitrogen and oxygen atoms in total. The normalized spacial score (nSPS) is 13.8. The van der Waals surface area contributed by atoms with Gasteiger partial charge < -0.3 is 8.98 Å². The van der Waals surface area contributed by atoms with Crippen LogP contribution in [0.4, 0.5) is 0 Å². The number of hydrogen-bond donors (Lipinski definition) is 0. The Bertz CT molecular complexity index is 2330.